The first kappa shape index (κ1) is 18.5. The zero-order chi connectivity index (χ0) is 15.2. The molecule has 122 valence electrons. The van der Waals surface area contributed by atoms with Crippen LogP contribution in [0.1, 0.15) is 22.8 Å². The molecule has 0 atom stereocenters. The van der Waals surface area contributed by atoms with Gasteiger partial charge < -0.3 is 15.1 Å². The van der Waals surface area contributed by atoms with Crippen molar-refractivity contribution in [2.24, 2.45) is 0 Å². The molecule has 0 bridgehead atoms. The van der Waals surface area contributed by atoms with E-state index < -0.39 is 0 Å². The fourth-order valence-electron chi connectivity index (χ4n) is 2.53. The molecule has 0 saturated carbocycles. The SMILES string of the molecule is CCc1ccccc1C(=O)N(C)CC(=O)N1CCNCC1.Cl. The first-order valence-electron chi connectivity index (χ1n) is 7.45. The second-order valence-corrected chi connectivity index (χ2v) is 5.30. The van der Waals surface area contributed by atoms with E-state index in [1.165, 1.54) is 4.90 Å². The van der Waals surface area contributed by atoms with Crippen molar-refractivity contribution < 1.29 is 9.59 Å². The van der Waals surface area contributed by atoms with Gasteiger partial charge in [-0.25, -0.2) is 0 Å². The molecule has 2 amide bonds. The summed E-state index contributed by atoms with van der Waals surface area (Å²) in [5.41, 5.74) is 1.71. The number of hydrogen-bond donors (Lipinski definition) is 1. The molecule has 1 aliphatic heterocycles. The minimum atomic E-state index is -0.0871. The topological polar surface area (TPSA) is 52.7 Å². The number of benzene rings is 1. The minimum Gasteiger partial charge on any atom is -0.339 e. The second kappa shape index (κ2) is 8.76. The quantitative estimate of drug-likeness (QED) is 0.904. The molecule has 0 unspecified atom stereocenters. The lowest BCUT2D eigenvalue weighted by atomic mass is 10.0. The first-order chi connectivity index (χ1) is 10.1. The summed E-state index contributed by atoms with van der Waals surface area (Å²) in [6.45, 7) is 5.23. The number of amides is 2. The lowest BCUT2D eigenvalue weighted by molar-refractivity contribution is -0.132. The number of nitrogens with one attached hydrogen (secondary N) is 1. The summed E-state index contributed by atoms with van der Waals surface area (Å²) in [7, 11) is 1.69. The van der Waals surface area contributed by atoms with Gasteiger partial charge in [0.25, 0.3) is 5.91 Å². The number of carbonyl (C=O) groups is 2. The van der Waals surface area contributed by atoms with Crippen molar-refractivity contribution in [2.75, 3.05) is 39.8 Å². The third-order valence-electron chi connectivity index (χ3n) is 3.82. The molecule has 0 aromatic heterocycles. The van der Waals surface area contributed by atoms with E-state index in [-0.39, 0.29) is 30.8 Å². The highest BCUT2D eigenvalue weighted by Gasteiger charge is 2.21. The summed E-state index contributed by atoms with van der Waals surface area (Å²) in [6.07, 6.45) is 0.807. The van der Waals surface area contributed by atoms with Crippen molar-refractivity contribution >= 4 is 24.2 Å². The van der Waals surface area contributed by atoms with E-state index in [2.05, 4.69) is 5.32 Å². The van der Waals surface area contributed by atoms with Gasteiger partial charge in [-0.2, -0.15) is 0 Å². The molecular formula is C16H24ClN3O2. The van der Waals surface area contributed by atoms with Gasteiger partial charge in [-0.05, 0) is 18.1 Å². The fraction of sp³-hybridized carbons (Fsp3) is 0.500. The van der Waals surface area contributed by atoms with E-state index >= 15 is 0 Å². The lowest BCUT2D eigenvalue weighted by Gasteiger charge is -2.29. The van der Waals surface area contributed by atoms with Crippen LogP contribution >= 0.6 is 12.4 Å². The van der Waals surface area contributed by atoms with E-state index in [0.717, 1.165) is 25.1 Å². The Morgan fingerprint density at radius 1 is 1.23 bits per heavy atom. The molecule has 1 aromatic carbocycles. The molecule has 22 heavy (non-hydrogen) atoms. The molecule has 1 N–H and O–H groups in total. The van der Waals surface area contributed by atoms with Crippen molar-refractivity contribution in [3.05, 3.63) is 35.4 Å². The van der Waals surface area contributed by atoms with Crippen LogP contribution < -0.4 is 5.32 Å². The zero-order valence-electron chi connectivity index (χ0n) is 13.2. The Labute approximate surface area is 138 Å². The summed E-state index contributed by atoms with van der Waals surface area (Å²) in [5.74, 6) is -0.0720. The molecule has 5 nitrogen and oxygen atoms in total. The highest BCUT2D eigenvalue weighted by molar-refractivity contribution is 5.97. The molecule has 1 fully saturated rings. The summed E-state index contributed by atoms with van der Waals surface area (Å²) in [4.78, 5) is 28.0. The molecule has 0 radical (unpaired) electrons. The lowest BCUT2D eigenvalue weighted by Crippen LogP contribution is -2.49. The number of carbonyl (C=O) groups excluding carboxylic acids is 2. The number of rotatable bonds is 4. The first-order valence-corrected chi connectivity index (χ1v) is 7.45. The number of aryl methyl sites for hydroxylation is 1. The van der Waals surface area contributed by atoms with Crippen LogP contribution in [-0.2, 0) is 11.2 Å². The molecule has 1 saturated heterocycles. The van der Waals surface area contributed by atoms with Crippen LogP contribution in [0.4, 0.5) is 0 Å². The van der Waals surface area contributed by atoms with Gasteiger partial charge >= 0.3 is 0 Å². The fourth-order valence-corrected chi connectivity index (χ4v) is 2.53. The Morgan fingerprint density at radius 3 is 2.50 bits per heavy atom. The maximum absolute atomic E-state index is 12.5. The van der Waals surface area contributed by atoms with E-state index in [1.54, 1.807) is 7.05 Å². The smallest absolute Gasteiger partial charge is 0.254 e. The van der Waals surface area contributed by atoms with Gasteiger partial charge in [0.05, 0.1) is 6.54 Å². The van der Waals surface area contributed by atoms with Gasteiger partial charge in [-0.15, -0.1) is 12.4 Å². The van der Waals surface area contributed by atoms with Gasteiger partial charge in [0.1, 0.15) is 0 Å². The van der Waals surface area contributed by atoms with Crippen LogP contribution in [0.2, 0.25) is 0 Å². The predicted molar refractivity (Wildman–Crippen MR) is 89.5 cm³/mol. The Balaban J connectivity index is 0.00000242. The third kappa shape index (κ3) is 4.45. The van der Waals surface area contributed by atoms with E-state index in [0.29, 0.717) is 18.7 Å². The molecule has 0 aliphatic carbocycles. The van der Waals surface area contributed by atoms with Crippen molar-refractivity contribution in [3.63, 3.8) is 0 Å². The Kier molecular flexibility index (Phi) is 7.35. The summed E-state index contributed by atoms with van der Waals surface area (Å²) >= 11 is 0. The van der Waals surface area contributed by atoms with Crippen molar-refractivity contribution in [1.29, 1.82) is 0 Å². The number of nitrogens with zero attached hydrogens (tertiary/aromatic N) is 2. The van der Waals surface area contributed by atoms with Crippen LogP contribution in [0.5, 0.6) is 0 Å². The molecule has 2 rings (SSSR count). The van der Waals surface area contributed by atoms with E-state index in [1.807, 2.05) is 36.1 Å². The van der Waals surface area contributed by atoms with Crippen molar-refractivity contribution in [3.8, 4) is 0 Å². The predicted octanol–water partition coefficient (Wildman–Crippen LogP) is 1.17. The maximum Gasteiger partial charge on any atom is 0.254 e. The van der Waals surface area contributed by atoms with Crippen LogP contribution in [0, 0.1) is 0 Å². The van der Waals surface area contributed by atoms with Gasteiger partial charge in [-0.3, -0.25) is 9.59 Å². The van der Waals surface area contributed by atoms with Crippen LogP contribution in [-0.4, -0.2) is 61.4 Å². The second-order valence-electron chi connectivity index (χ2n) is 5.30. The summed E-state index contributed by atoms with van der Waals surface area (Å²) < 4.78 is 0. The highest BCUT2D eigenvalue weighted by atomic mass is 35.5. The van der Waals surface area contributed by atoms with Crippen molar-refractivity contribution in [1.82, 2.24) is 15.1 Å². The van der Waals surface area contributed by atoms with Crippen LogP contribution in [0.25, 0.3) is 0 Å². The number of halogens is 1. The molecule has 1 aromatic rings. The van der Waals surface area contributed by atoms with Crippen LogP contribution in [0.3, 0.4) is 0 Å². The normalized spacial score (nSPS) is 14.2. The van der Waals surface area contributed by atoms with Gasteiger partial charge in [0.2, 0.25) is 5.91 Å². The molecule has 0 spiro atoms. The Hall–Kier alpha value is -1.59. The largest absolute Gasteiger partial charge is 0.339 e. The Morgan fingerprint density at radius 2 is 1.86 bits per heavy atom. The highest BCUT2D eigenvalue weighted by Crippen LogP contribution is 2.12. The average Bonchev–Trinajstić information content (AvgIpc) is 2.54. The zero-order valence-corrected chi connectivity index (χ0v) is 14.0. The van der Waals surface area contributed by atoms with Gasteiger partial charge in [0, 0.05) is 38.8 Å². The van der Waals surface area contributed by atoms with Crippen molar-refractivity contribution in [2.45, 2.75) is 13.3 Å². The molecule has 6 heteroatoms. The average molecular weight is 326 g/mol. The molecule has 1 aliphatic rings. The summed E-state index contributed by atoms with van der Waals surface area (Å²) in [5, 5.41) is 3.21. The van der Waals surface area contributed by atoms with Crippen LogP contribution in [0.15, 0.2) is 24.3 Å². The monoisotopic (exact) mass is 325 g/mol. The van der Waals surface area contributed by atoms with Gasteiger partial charge in [0.15, 0.2) is 0 Å². The number of hydrogen-bond acceptors (Lipinski definition) is 3. The molecular weight excluding hydrogens is 302 g/mol. The maximum atomic E-state index is 12.5. The summed E-state index contributed by atoms with van der Waals surface area (Å²) in [6, 6.07) is 7.58. The number of likely N-dealkylation sites (N-methyl/N-ethyl adjacent to an activating group) is 1. The van der Waals surface area contributed by atoms with Gasteiger partial charge in [-0.1, -0.05) is 25.1 Å². The number of piperazine rings is 1. The van der Waals surface area contributed by atoms with E-state index in [9.17, 15) is 9.59 Å². The Bertz CT molecular complexity index is 516. The van der Waals surface area contributed by atoms with E-state index in [4.69, 9.17) is 0 Å². The standard InChI is InChI=1S/C16H23N3O2.ClH/c1-3-13-6-4-5-7-14(13)16(21)18(2)12-15(20)19-10-8-17-9-11-19;/h4-7,17H,3,8-12H2,1-2H3;1H. The molecule has 1 heterocycles. The minimum absolute atomic E-state index is 0. The third-order valence-corrected chi connectivity index (χ3v) is 3.82.